The monoisotopic (exact) mass is 239 g/mol. The lowest BCUT2D eigenvalue weighted by atomic mass is 10.1. The summed E-state index contributed by atoms with van der Waals surface area (Å²) < 4.78 is 5.24. The highest BCUT2D eigenvalue weighted by Gasteiger charge is 2.17. The van der Waals surface area contributed by atoms with Gasteiger partial charge < -0.3 is 4.74 Å². The fourth-order valence-electron chi connectivity index (χ4n) is 1.98. The van der Waals surface area contributed by atoms with E-state index in [0.29, 0.717) is 23.2 Å². The quantitative estimate of drug-likeness (QED) is 0.601. The minimum Gasteiger partial charge on any atom is -0.462 e. The summed E-state index contributed by atoms with van der Waals surface area (Å²) in [4.78, 5) is 15.5. The van der Waals surface area contributed by atoms with Gasteiger partial charge >= 0.3 is 5.97 Å². The van der Waals surface area contributed by atoms with Crippen LogP contribution in [-0.2, 0) is 4.74 Å². The van der Waals surface area contributed by atoms with Crippen molar-refractivity contribution in [2.45, 2.75) is 25.7 Å². The summed E-state index contributed by atoms with van der Waals surface area (Å²) in [5.74, 6) is 0.234. The third-order valence-electron chi connectivity index (χ3n) is 2.89. The number of aromatic nitrogens is 1. The van der Waals surface area contributed by atoms with Gasteiger partial charge in [0.1, 0.15) is 5.15 Å². The van der Waals surface area contributed by atoms with E-state index in [-0.39, 0.29) is 5.97 Å². The zero-order chi connectivity index (χ0) is 11.4. The van der Waals surface area contributed by atoms with Crippen LogP contribution >= 0.6 is 11.6 Å². The molecule has 0 bridgehead atoms. The Hall–Kier alpha value is -1.09. The molecule has 0 atom stereocenters. The van der Waals surface area contributed by atoms with Gasteiger partial charge in [-0.2, -0.15) is 0 Å². The molecule has 1 aliphatic rings. The van der Waals surface area contributed by atoms with Crippen molar-refractivity contribution in [3.63, 3.8) is 0 Å². The van der Waals surface area contributed by atoms with Crippen molar-refractivity contribution < 1.29 is 9.53 Å². The van der Waals surface area contributed by atoms with Crippen LogP contribution in [0.3, 0.4) is 0 Å². The molecule has 0 N–H and O–H groups in total. The van der Waals surface area contributed by atoms with Gasteiger partial charge in [-0.3, -0.25) is 0 Å². The topological polar surface area (TPSA) is 39.2 Å². The van der Waals surface area contributed by atoms with Crippen molar-refractivity contribution >= 4 is 17.6 Å². The lowest BCUT2D eigenvalue weighted by molar-refractivity contribution is 0.0442. The second kappa shape index (κ2) is 5.30. The number of carbonyl (C=O) groups excluding carboxylic acids is 1. The standard InChI is InChI=1S/C12H14ClNO2/c13-11-7-10(5-6-14-11)12(15)16-8-9-3-1-2-4-9/h5-7,9H,1-4,8H2. The van der Waals surface area contributed by atoms with Gasteiger partial charge in [-0.15, -0.1) is 0 Å². The number of hydrogen-bond acceptors (Lipinski definition) is 3. The number of rotatable bonds is 3. The Balaban J connectivity index is 1.87. The van der Waals surface area contributed by atoms with E-state index in [9.17, 15) is 4.79 Å². The van der Waals surface area contributed by atoms with Crippen molar-refractivity contribution in [2.75, 3.05) is 6.61 Å². The third kappa shape index (κ3) is 2.95. The second-order valence-electron chi connectivity index (χ2n) is 4.12. The van der Waals surface area contributed by atoms with Gasteiger partial charge in [0.2, 0.25) is 0 Å². The summed E-state index contributed by atoms with van der Waals surface area (Å²) in [5, 5.41) is 0.315. The molecule has 4 heteroatoms. The Morgan fingerprint density at radius 2 is 2.25 bits per heavy atom. The molecular weight excluding hydrogens is 226 g/mol. The van der Waals surface area contributed by atoms with Crippen LogP contribution in [0.5, 0.6) is 0 Å². The van der Waals surface area contributed by atoms with Crippen LogP contribution in [0.2, 0.25) is 5.15 Å². The maximum atomic E-state index is 11.6. The molecule has 0 aliphatic heterocycles. The van der Waals surface area contributed by atoms with Gasteiger partial charge in [0.15, 0.2) is 0 Å². The van der Waals surface area contributed by atoms with Crippen LogP contribution in [0.25, 0.3) is 0 Å². The summed E-state index contributed by atoms with van der Waals surface area (Å²) in [6.45, 7) is 0.527. The van der Waals surface area contributed by atoms with E-state index in [1.165, 1.54) is 37.9 Å². The van der Waals surface area contributed by atoms with E-state index in [1.807, 2.05) is 0 Å². The number of carbonyl (C=O) groups is 1. The molecule has 1 saturated carbocycles. The average Bonchev–Trinajstić information content (AvgIpc) is 2.78. The lowest BCUT2D eigenvalue weighted by Crippen LogP contribution is -2.12. The molecule has 3 nitrogen and oxygen atoms in total. The predicted octanol–water partition coefficient (Wildman–Crippen LogP) is 3.08. The molecule has 1 aromatic heterocycles. The first kappa shape index (κ1) is 11.4. The van der Waals surface area contributed by atoms with Crippen molar-refractivity contribution in [1.29, 1.82) is 0 Å². The number of halogens is 1. The Morgan fingerprint density at radius 3 is 2.94 bits per heavy atom. The van der Waals surface area contributed by atoms with E-state index in [1.54, 1.807) is 6.07 Å². The van der Waals surface area contributed by atoms with E-state index < -0.39 is 0 Å². The first-order valence-electron chi connectivity index (χ1n) is 5.54. The van der Waals surface area contributed by atoms with Crippen LogP contribution in [-0.4, -0.2) is 17.6 Å². The first-order chi connectivity index (χ1) is 7.75. The maximum absolute atomic E-state index is 11.6. The summed E-state index contributed by atoms with van der Waals surface area (Å²) in [7, 11) is 0. The molecule has 1 aliphatic carbocycles. The average molecular weight is 240 g/mol. The molecule has 0 amide bonds. The largest absolute Gasteiger partial charge is 0.462 e. The zero-order valence-corrected chi connectivity index (χ0v) is 9.74. The van der Waals surface area contributed by atoms with Crippen LogP contribution in [0.15, 0.2) is 18.3 Å². The van der Waals surface area contributed by atoms with Gasteiger partial charge in [-0.1, -0.05) is 24.4 Å². The molecule has 86 valence electrons. The summed E-state index contributed by atoms with van der Waals surface area (Å²) in [5.41, 5.74) is 0.470. The van der Waals surface area contributed by atoms with Crippen molar-refractivity contribution in [3.05, 3.63) is 29.0 Å². The van der Waals surface area contributed by atoms with Crippen LogP contribution in [0.4, 0.5) is 0 Å². The molecule has 1 heterocycles. The highest BCUT2D eigenvalue weighted by molar-refractivity contribution is 6.29. The summed E-state index contributed by atoms with van der Waals surface area (Å²) in [6.07, 6.45) is 6.36. The number of pyridine rings is 1. The normalized spacial score (nSPS) is 16.3. The van der Waals surface area contributed by atoms with Gasteiger partial charge in [-0.05, 0) is 30.9 Å². The maximum Gasteiger partial charge on any atom is 0.338 e. The molecule has 1 fully saturated rings. The number of nitrogens with zero attached hydrogens (tertiary/aromatic N) is 1. The summed E-state index contributed by atoms with van der Waals surface area (Å²) >= 11 is 5.70. The van der Waals surface area contributed by atoms with Crippen LogP contribution < -0.4 is 0 Å². The molecule has 2 rings (SSSR count). The smallest absolute Gasteiger partial charge is 0.338 e. The Kier molecular flexibility index (Phi) is 3.78. The lowest BCUT2D eigenvalue weighted by Gasteiger charge is -2.09. The molecule has 0 saturated heterocycles. The van der Waals surface area contributed by atoms with Gasteiger partial charge in [0.25, 0.3) is 0 Å². The highest BCUT2D eigenvalue weighted by atomic mass is 35.5. The molecule has 0 radical (unpaired) electrons. The number of hydrogen-bond donors (Lipinski definition) is 0. The van der Waals surface area contributed by atoms with Crippen molar-refractivity contribution in [2.24, 2.45) is 5.92 Å². The Bertz CT molecular complexity index is 375. The Morgan fingerprint density at radius 1 is 1.50 bits per heavy atom. The fourth-order valence-corrected chi connectivity index (χ4v) is 2.16. The minimum atomic E-state index is -0.309. The Labute approximate surface area is 99.8 Å². The minimum absolute atomic E-state index is 0.309. The van der Waals surface area contributed by atoms with E-state index >= 15 is 0 Å². The van der Waals surface area contributed by atoms with Crippen molar-refractivity contribution in [3.8, 4) is 0 Å². The molecule has 0 unspecified atom stereocenters. The number of ether oxygens (including phenoxy) is 1. The van der Waals surface area contributed by atoms with Gasteiger partial charge in [0, 0.05) is 6.20 Å². The molecule has 16 heavy (non-hydrogen) atoms. The second-order valence-corrected chi connectivity index (χ2v) is 4.50. The molecule has 1 aromatic rings. The molecule has 0 spiro atoms. The van der Waals surface area contributed by atoms with Crippen molar-refractivity contribution in [1.82, 2.24) is 4.98 Å². The summed E-state index contributed by atoms with van der Waals surface area (Å²) in [6, 6.07) is 3.14. The zero-order valence-electron chi connectivity index (χ0n) is 8.99. The van der Waals surface area contributed by atoms with Crippen LogP contribution in [0.1, 0.15) is 36.0 Å². The van der Waals surface area contributed by atoms with E-state index in [0.717, 1.165) is 0 Å². The highest BCUT2D eigenvalue weighted by Crippen LogP contribution is 2.25. The SMILES string of the molecule is O=C(OCC1CCCC1)c1ccnc(Cl)c1. The predicted molar refractivity (Wildman–Crippen MR) is 61.5 cm³/mol. The molecular formula is C12H14ClNO2. The van der Waals surface area contributed by atoms with Crippen LogP contribution in [0, 0.1) is 5.92 Å². The van der Waals surface area contributed by atoms with Gasteiger partial charge in [0.05, 0.1) is 12.2 Å². The van der Waals surface area contributed by atoms with E-state index in [2.05, 4.69) is 4.98 Å². The molecule has 0 aromatic carbocycles. The van der Waals surface area contributed by atoms with E-state index in [4.69, 9.17) is 16.3 Å². The first-order valence-corrected chi connectivity index (χ1v) is 5.92. The number of esters is 1. The third-order valence-corrected chi connectivity index (χ3v) is 3.09. The fraction of sp³-hybridized carbons (Fsp3) is 0.500. The van der Waals surface area contributed by atoms with Gasteiger partial charge in [-0.25, -0.2) is 9.78 Å².